The number of amides is 1. The Hall–Kier alpha value is -1.50. The van der Waals surface area contributed by atoms with E-state index in [1.807, 2.05) is 6.92 Å². The molecule has 0 bridgehead atoms. The minimum absolute atomic E-state index is 0.0889. The highest BCUT2D eigenvalue weighted by molar-refractivity contribution is 7.90. The Bertz CT molecular complexity index is 688. The molecule has 0 radical (unpaired) electrons. The Morgan fingerprint density at radius 1 is 1.32 bits per heavy atom. The van der Waals surface area contributed by atoms with Gasteiger partial charge in [0.1, 0.15) is 9.84 Å². The highest BCUT2D eigenvalue weighted by atomic mass is 32.2. The van der Waals surface area contributed by atoms with Gasteiger partial charge in [-0.25, -0.2) is 17.2 Å². The number of sulfone groups is 1. The first-order valence-electron chi connectivity index (χ1n) is 7.18. The van der Waals surface area contributed by atoms with E-state index < -0.39 is 21.5 Å². The van der Waals surface area contributed by atoms with Crippen LogP contribution in [0.3, 0.4) is 0 Å². The van der Waals surface area contributed by atoms with Gasteiger partial charge in [-0.1, -0.05) is 6.92 Å². The normalized spacial score (nSPS) is 18.2. The van der Waals surface area contributed by atoms with Crippen LogP contribution in [0.2, 0.25) is 0 Å². The average Bonchev–Trinajstić information content (AvgIpc) is 2.44. The molecule has 0 saturated carbocycles. The second-order valence-corrected chi connectivity index (χ2v) is 7.87. The third-order valence-electron chi connectivity index (χ3n) is 3.93. The van der Waals surface area contributed by atoms with Crippen LogP contribution in [0.15, 0.2) is 12.1 Å². The summed E-state index contributed by atoms with van der Waals surface area (Å²) in [5.41, 5.74) is 1.32. The second kappa shape index (κ2) is 6.32. The molecule has 1 heterocycles. The summed E-state index contributed by atoms with van der Waals surface area (Å²) in [6.07, 6.45) is 1.99. The molecule has 1 unspecified atom stereocenters. The van der Waals surface area contributed by atoms with E-state index in [0.29, 0.717) is 30.5 Å². The quantitative estimate of drug-likeness (QED) is 0.850. The zero-order valence-corrected chi connectivity index (χ0v) is 13.4. The van der Waals surface area contributed by atoms with Crippen LogP contribution in [0.4, 0.5) is 8.78 Å². The Balaban J connectivity index is 2.24. The standard InChI is InChI=1S/C15H19F2NO3S/c1-3-14-11-9-13(17)12(16)8-10(11)4-6-18(14)15(19)5-7-22(2,20)21/h8-9,14H,3-7H2,1-2H3. The van der Waals surface area contributed by atoms with E-state index in [0.717, 1.165) is 12.3 Å². The number of fused-ring (bicyclic) bond motifs is 1. The molecule has 1 aromatic carbocycles. The first-order valence-corrected chi connectivity index (χ1v) is 9.24. The summed E-state index contributed by atoms with van der Waals surface area (Å²) in [6.45, 7) is 2.25. The van der Waals surface area contributed by atoms with Gasteiger partial charge in [0.15, 0.2) is 11.6 Å². The topological polar surface area (TPSA) is 54.5 Å². The number of nitrogens with zero attached hydrogens (tertiary/aromatic N) is 1. The predicted molar refractivity (Wildman–Crippen MR) is 79.1 cm³/mol. The first kappa shape index (κ1) is 16.9. The molecule has 7 heteroatoms. The van der Waals surface area contributed by atoms with E-state index in [-0.39, 0.29) is 24.1 Å². The Labute approximate surface area is 129 Å². The van der Waals surface area contributed by atoms with Crippen molar-refractivity contribution in [3.05, 3.63) is 34.9 Å². The fourth-order valence-electron chi connectivity index (χ4n) is 2.85. The van der Waals surface area contributed by atoms with Gasteiger partial charge in [-0.05, 0) is 36.1 Å². The van der Waals surface area contributed by atoms with Gasteiger partial charge in [-0.15, -0.1) is 0 Å². The van der Waals surface area contributed by atoms with Crippen molar-refractivity contribution in [3.63, 3.8) is 0 Å². The Morgan fingerprint density at radius 3 is 2.55 bits per heavy atom. The van der Waals surface area contributed by atoms with Crippen molar-refractivity contribution in [1.82, 2.24) is 4.90 Å². The molecule has 1 aromatic rings. The van der Waals surface area contributed by atoms with Crippen molar-refractivity contribution in [3.8, 4) is 0 Å². The Kier molecular flexibility index (Phi) is 4.84. The molecule has 4 nitrogen and oxygen atoms in total. The third kappa shape index (κ3) is 3.63. The highest BCUT2D eigenvalue weighted by Crippen LogP contribution is 2.33. The monoisotopic (exact) mass is 331 g/mol. The number of benzene rings is 1. The van der Waals surface area contributed by atoms with Crippen molar-refractivity contribution in [2.75, 3.05) is 18.6 Å². The number of carbonyl (C=O) groups is 1. The molecule has 1 aliphatic rings. The summed E-state index contributed by atoms with van der Waals surface area (Å²) in [7, 11) is -3.21. The zero-order chi connectivity index (χ0) is 16.5. The lowest BCUT2D eigenvalue weighted by Gasteiger charge is -2.37. The van der Waals surface area contributed by atoms with E-state index in [9.17, 15) is 22.0 Å². The number of hydrogen-bond acceptors (Lipinski definition) is 3. The van der Waals surface area contributed by atoms with E-state index in [4.69, 9.17) is 0 Å². The van der Waals surface area contributed by atoms with Crippen molar-refractivity contribution in [2.45, 2.75) is 32.2 Å². The first-order chi connectivity index (χ1) is 10.2. The van der Waals surface area contributed by atoms with E-state index >= 15 is 0 Å². The van der Waals surface area contributed by atoms with E-state index in [2.05, 4.69) is 0 Å². The molecule has 1 amide bonds. The molecule has 122 valence electrons. The van der Waals surface area contributed by atoms with Crippen LogP contribution in [0.5, 0.6) is 0 Å². The molecule has 0 N–H and O–H groups in total. The smallest absolute Gasteiger partial charge is 0.224 e. The van der Waals surface area contributed by atoms with Crippen LogP contribution in [0.25, 0.3) is 0 Å². The minimum Gasteiger partial charge on any atom is -0.335 e. The van der Waals surface area contributed by atoms with Crippen LogP contribution < -0.4 is 0 Å². The van der Waals surface area contributed by atoms with Crippen molar-refractivity contribution in [1.29, 1.82) is 0 Å². The van der Waals surface area contributed by atoms with Crippen LogP contribution in [-0.4, -0.2) is 37.8 Å². The summed E-state index contributed by atoms with van der Waals surface area (Å²) in [5, 5.41) is 0. The van der Waals surface area contributed by atoms with Gasteiger partial charge in [0.05, 0.1) is 11.8 Å². The highest BCUT2D eigenvalue weighted by Gasteiger charge is 2.30. The number of halogens is 2. The van der Waals surface area contributed by atoms with Gasteiger partial charge in [0.2, 0.25) is 5.91 Å². The molecule has 0 fully saturated rings. The fraction of sp³-hybridized carbons (Fsp3) is 0.533. The summed E-state index contributed by atoms with van der Waals surface area (Å²) < 4.78 is 49.2. The SMILES string of the molecule is CCC1c2cc(F)c(F)cc2CCN1C(=O)CCS(C)(=O)=O. The van der Waals surface area contributed by atoms with Gasteiger partial charge in [-0.2, -0.15) is 0 Å². The van der Waals surface area contributed by atoms with Gasteiger partial charge in [0.25, 0.3) is 0 Å². The zero-order valence-electron chi connectivity index (χ0n) is 12.6. The van der Waals surface area contributed by atoms with Crippen molar-refractivity contribution >= 4 is 15.7 Å². The Morgan fingerprint density at radius 2 is 1.95 bits per heavy atom. The van der Waals surface area contributed by atoms with Crippen LogP contribution in [0, 0.1) is 11.6 Å². The van der Waals surface area contributed by atoms with Crippen molar-refractivity contribution < 1.29 is 22.0 Å². The summed E-state index contributed by atoms with van der Waals surface area (Å²) in [5.74, 6) is -2.29. The van der Waals surface area contributed by atoms with Crippen LogP contribution >= 0.6 is 0 Å². The molecule has 1 atom stereocenters. The number of carbonyl (C=O) groups excluding carboxylic acids is 1. The second-order valence-electron chi connectivity index (χ2n) is 5.61. The molecule has 0 aliphatic carbocycles. The van der Waals surface area contributed by atoms with E-state index in [1.54, 1.807) is 4.90 Å². The minimum atomic E-state index is -3.21. The summed E-state index contributed by atoms with van der Waals surface area (Å²) >= 11 is 0. The number of hydrogen-bond donors (Lipinski definition) is 0. The van der Waals surface area contributed by atoms with Gasteiger partial charge < -0.3 is 4.90 Å². The van der Waals surface area contributed by atoms with Crippen LogP contribution in [0.1, 0.15) is 36.9 Å². The maximum Gasteiger partial charge on any atom is 0.224 e. The largest absolute Gasteiger partial charge is 0.335 e. The van der Waals surface area contributed by atoms with Crippen LogP contribution in [-0.2, 0) is 21.1 Å². The fourth-order valence-corrected chi connectivity index (χ4v) is 3.40. The molecule has 0 saturated heterocycles. The van der Waals surface area contributed by atoms with Gasteiger partial charge in [-0.3, -0.25) is 4.79 Å². The molecule has 0 aromatic heterocycles. The molecular formula is C15H19F2NO3S. The summed E-state index contributed by atoms with van der Waals surface area (Å²) in [6, 6.07) is 1.99. The number of rotatable bonds is 4. The lowest BCUT2D eigenvalue weighted by Crippen LogP contribution is -2.40. The average molecular weight is 331 g/mol. The lowest BCUT2D eigenvalue weighted by molar-refractivity contribution is -0.133. The predicted octanol–water partition coefficient (Wildman–Crippen LogP) is 2.24. The van der Waals surface area contributed by atoms with E-state index in [1.165, 1.54) is 6.07 Å². The maximum atomic E-state index is 13.5. The lowest BCUT2D eigenvalue weighted by atomic mass is 9.90. The molecule has 22 heavy (non-hydrogen) atoms. The van der Waals surface area contributed by atoms with Gasteiger partial charge >= 0.3 is 0 Å². The van der Waals surface area contributed by atoms with Crippen molar-refractivity contribution in [2.24, 2.45) is 0 Å². The maximum absolute atomic E-state index is 13.5. The summed E-state index contributed by atoms with van der Waals surface area (Å²) in [4.78, 5) is 13.8. The third-order valence-corrected chi connectivity index (χ3v) is 4.88. The molecular weight excluding hydrogens is 312 g/mol. The van der Waals surface area contributed by atoms with Gasteiger partial charge in [0, 0.05) is 19.2 Å². The molecule has 0 spiro atoms. The molecule has 1 aliphatic heterocycles. The molecule has 2 rings (SSSR count).